The lowest BCUT2D eigenvalue weighted by atomic mass is 10.1. The van der Waals surface area contributed by atoms with Gasteiger partial charge in [0.05, 0.1) is 6.42 Å². The van der Waals surface area contributed by atoms with Crippen LogP contribution in [0.5, 0.6) is 0 Å². The Labute approximate surface area is 142 Å². The fourth-order valence-electron chi connectivity index (χ4n) is 3.28. The summed E-state index contributed by atoms with van der Waals surface area (Å²) in [5.41, 5.74) is 0.933. The third-order valence-corrected chi connectivity index (χ3v) is 6.12. The number of thioether (sulfide) groups is 1. The Bertz CT molecular complexity index is 519. The van der Waals surface area contributed by atoms with Gasteiger partial charge in [-0.2, -0.15) is 11.8 Å². The largest absolute Gasteiger partial charge is 0.341 e. The Morgan fingerprint density at radius 2 is 2.09 bits per heavy atom. The number of carbonyl (C=O) groups excluding carboxylic acids is 1. The van der Waals surface area contributed by atoms with Gasteiger partial charge in [-0.25, -0.2) is 0 Å². The molecule has 0 saturated carbocycles. The van der Waals surface area contributed by atoms with Gasteiger partial charge in [-0.1, -0.05) is 29.8 Å². The Morgan fingerprint density at radius 3 is 2.86 bits per heavy atom. The molecule has 0 aliphatic carbocycles. The van der Waals surface area contributed by atoms with Crippen molar-refractivity contribution in [2.45, 2.75) is 25.3 Å². The predicted octanol–water partition coefficient (Wildman–Crippen LogP) is 2.92. The minimum Gasteiger partial charge on any atom is -0.341 e. The van der Waals surface area contributed by atoms with Crippen molar-refractivity contribution in [1.29, 1.82) is 0 Å². The number of halogens is 1. The highest BCUT2D eigenvalue weighted by molar-refractivity contribution is 7.99. The average molecular weight is 339 g/mol. The molecule has 3 nitrogen and oxygen atoms in total. The molecule has 1 aromatic carbocycles. The van der Waals surface area contributed by atoms with Crippen molar-refractivity contribution in [3.63, 3.8) is 0 Å². The summed E-state index contributed by atoms with van der Waals surface area (Å²) in [5, 5.41) is 0.690. The minimum absolute atomic E-state index is 0.204. The van der Waals surface area contributed by atoms with Crippen LogP contribution in [0.2, 0.25) is 5.02 Å². The normalized spacial score (nSPS) is 23.5. The molecule has 5 heteroatoms. The van der Waals surface area contributed by atoms with Gasteiger partial charge in [0.25, 0.3) is 0 Å². The second-order valence-electron chi connectivity index (χ2n) is 6.06. The summed E-state index contributed by atoms with van der Waals surface area (Å²) in [4.78, 5) is 17.2. The molecule has 0 spiro atoms. The molecule has 0 aromatic heterocycles. The standard InChI is InChI=1S/C17H23ClN2OS/c18-16-5-2-1-4-14(16)12-17(21)20-8-3-7-19(9-10-20)15-6-11-22-13-15/h1-2,4-5,15H,3,6-13H2. The van der Waals surface area contributed by atoms with Gasteiger partial charge in [0.15, 0.2) is 0 Å². The zero-order chi connectivity index (χ0) is 15.4. The molecule has 1 aromatic rings. The molecule has 2 fully saturated rings. The number of hydrogen-bond acceptors (Lipinski definition) is 3. The van der Waals surface area contributed by atoms with E-state index in [0.717, 1.165) is 44.2 Å². The Balaban J connectivity index is 1.56. The van der Waals surface area contributed by atoms with Crippen LogP contribution in [0.1, 0.15) is 18.4 Å². The molecule has 120 valence electrons. The van der Waals surface area contributed by atoms with Gasteiger partial charge in [-0.3, -0.25) is 9.69 Å². The molecule has 1 unspecified atom stereocenters. The van der Waals surface area contributed by atoms with E-state index in [1.807, 2.05) is 29.2 Å². The van der Waals surface area contributed by atoms with E-state index in [1.54, 1.807) is 0 Å². The lowest BCUT2D eigenvalue weighted by molar-refractivity contribution is -0.130. The third kappa shape index (κ3) is 3.98. The van der Waals surface area contributed by atoms with Crippen molar-refractivity contribution in [3.8, 4) is 0 Å². The molecule has 0 N–H and O–H groups in total. The van der Waals surface area contributed by atoms with E-state index in [-0.39, 0.29) is 5.91 Å². The van der Waals surface area contributed by atoms with Crippen molar-refractivity contribution in [2.24, 2.45) is 0 Å². The van der Waals surface area contributed by atoms with Crippen LogP contribution in [0.3, 0.4) is 0 Å². The molecule has 2 aliphatic heterocycles. The summed E-state index contributed by atoms with van der Waals surface area (Å²) in [6.45, 7) is 3.87. The Hall–Kier alpha value is -0.710. The van der Waals surface area contributed by atoms with Crippen molar-refractivity contribution >= 4 is 29.3 Å². The molecule has 1 amide bonds. The fraction of sp³-hybridized carbons (Fsp3) is 0.588. The maximum absolute atomic E-state index is 12.5. The second-order valence-corrected chi connectivity index (χ2v) is 7.61. The number of hydrogen-bond donors (Lipinski definition) is 0. The maximum Gasteiger partial charge on any atom is 0.227 e. The van der Waals surface area contributed by atoms with E-state index in [0.29, 0.717) is 11.4 Å². The van der Waals surface area contributed by atoms with E-state index >= 15 is 0 Å². The molecule has 22 heavy (non-hydrogen) atoms. The van der Waals surface area contributed by atoms with E-state index in [1.165, 1.54) is 17.9 Å². The SMILES string of the molecule is O=C(Cc1ccccc1Cl)N1CCCN(C2CCSC2)CC1. The summed E-state index contributed by atoms with van der Waals surface area (Å²) in [6, 6.07) is 8.37. The summed E-state index contributed by atoms with van der Waals surface area (Å²) >= 11 is 8.22. The van der Waals surface area contributed by atoms with E-state index in [4.69, 9.17) is 11.6 Å². The highest BCUT2D eigenvalue weighted by Crippen LogP contribution is 2.23. The first-order valence-electron chi connectivity index (χ1n) is 8.07. The van der Waals surface area contributed by atoms with Crippen LogP contribution in [0.25, 0.3) is 0 Å². The first-order chi connectivity index (χ1) is 10.7. The van der Waals surface area contributed by atoms with Crippen molar-refractivity contribution in [1.82, 2.24) is 9.80 Å². The van der Waals surface area contributed by atoms with E-state index < -0.39 is 0 Å². The van der Waals surface area contributed by atoms with Crippen LogP contribution in [-0.2, 0) is 11.2 Å². The molecule has 3 rings (SSSR count). The molecular formula is C17H23ClN2OS. The molecule has 2 saturated heterocycles. The number of amides is 1. The van der Waals surface area contributed by atoms with Crippen LogP contribution < -0.4 is 0 Å². The summed E-state index contributed by atoms with van der Waals surface area (Å²) < 4.78 is 0. The topological polar surface area (TPSA) is 23.6 Å². The van der Waals surface area contributed by atoms with Gasteiger partial charge in [-0.05, 0) is 30.2 Å². The average Bonchev–Trinajstić information content (AvgIpc) is 2.94. The fourth-order valence-corrected chi connectivity index (χ4v) is 4.74. The Morgan fingerprint density at radius 1 is 1.23 bits per heavy atom. The smallest absolute Gasteiger partial charge is 0.227 e. The monoisotopic (exact) mass is 338 g/mol. The first-order valence-corrected chi connectivity index (χ1v) is 9.60. The number of benzene rings is 1. The lowest BCUT2D eigenvalue weighted by Crippen LogP contribution is -2.40. The molecule has 0 bridgehead atoms. The quantitative estimate of drug-likeness (QED) is 0.846. The third-order valence-electron chi connectivity index (χ3n) is 4.60. The van der Waals surface area contributed by atoms with Crippen LogP contribution in [0.15, 0.2) is 24.3 Å². The van der Waals surface area contributed by atoms with Crippen molar-refractivity contribution in [3.05, 3.63) is 34.9 Å². The lowest BCUT2D eigenvalue weighted by Gasteiger charge is -2.26. The highest BCUT2D eigenvalue weighted by atomic mass is 35.5. The summed E-state index contributed by atoms with van der Waals surface area (Å²) in [7, 11) is 0. The molecule has 2 aliphatic rings. The van der Waals surface area contributed by atoms with Crippen LogP contribution in [-0.4, -0.2) is 59.4 Å². The summed E-state index contributed by atoms with van der Waals surface area (Å²) in [6.07, 6.45) is 2.80. The minimum atomic E-state index is 0.204. The number of nitrogens with zero attached hydrogens (tertiary/aromatic N) is 2. The van der Waals surface area contributed by atoms with Crippen molar-refractivity contribution in [2.75, 3.05) is 37.7 Å². The van der Waals surface area contributed by atoms with Gasteiger partial charge in [0.2, 0.25) is 5.91 Å². The molecular weight excluding hydrogens is 316 g/mol. The van der Waals surface area contributed by atoms with Crippen LogP contribution in [0.4, 0.5) is 0 Å². The van der Waals surface area contributed by atoms with Crippen molar-refractivity contribution < 1.29 is 4.79 Å². The van der Waals surface area contributed by atoms with Crippen LogP contribution in [0, 0.1) is 0 Å². The zero-order valence-corrected chi connectivity index (χ0v) is 14.4. The number of carbonyl (C=O) groups is 1. The van der Waals surface area contributed by atoms with Gasteiger partial charge in [0.1, 0.15) is 0 Å². The van der Waals surface area contributed by atoms with Crippen LogP contribution >= 0.6 is 23.4 Å². The first kappa shape index (κ1) is 16.2. The number of rotatable bonds is 3. The van der Waals surface area contributed by atoms with Gasteiger partial charge < -0.3 is 4.90 Å². The zero-order valence-electron chi connectivity index (χ0n) is 12.8. The van der Waals surface area contributed by atoms with Gasteiger partial charge in [0, 0.05) is 43.0 Å². The van der Waals surface area contributed by atoms with Gasteiger partial charge >= 0.3 is 0 Å². The van der Waals surface area contributed by atoms with E-state index in [2.05, 4.69) is 16.7 Å². The second kappa shape index (κ2) is 7.71. The predicted molar refractivity (Wildman–Crippen MR) is 93.7 cm³/mol. The summed E-state index contributed by atoms with van der Waals surface area (Å²) in [5.74, 6) is 2.75. The highest BCUT2D eigenvalue weighted by Gasteiger charge is 2.26. The Kier molecular flexibility index (Phi) is 5.66. The van der Waals surface area contributed by atoms with E-state index in [9.17, 15) is 4.79 Å². The van der Waals surface area contributed by atoms with Gasteiger partial charge in [-0.15, -0.1) is 0 Å². The molecule has 0 radical (unpaired) electrons. The molecule has 1 atom stereocenters. The molecule has 2 heterocycles. The maximum atomic E-state index is 12.5.